The molecule has 4 heteroatoms. The van der Waals surface area contributed by atoms with Gasteiger partial charge in [-0.2, -0.15) is 12.6 Å². The van der Waals surface area contributed by atoms with Crippen LogP contribution in [-0.2, 0) is 11.2 Å². The Morgan fingerprint density at radius 1 is 1.40 bits per heavy atom. The molecule has 0 spiro atoms. The maximum Gasteiger partial charge on any atom is 0.224 e. The van der Waals surface area contributed by atoms with Gasteiger partial charge in [-0.15, -0.1) is 0 Å². The van der Waals surface area contributed by atoms with Crippen LogP contribution in [0.25, 0.3) is 0 Å². The standard InChI is InChI=1S/C11H13NO2S/c13-11-4-1-8-7-9(14-5-6-15)2-3-10(8)12-11/h2-3,7,15H,1,4-6H2,(H,12,13). The van der Waals surface area contributed by atoms with Crippen LogP contribution in [0.1, 0.15) is 12.0 Å². The van der Waals surface area contributed by atoms with Crippen molar-refractivity contribution >= 4 is 24.2 Å². The number of hydrogen-bond donors (Lipinski definition) is 2. The van der Waals surface area contributed by atoms with Crippen LogP contribution in [0.15, 0.2) is 18.2 Å². The highest BCUT2D eigenvalue weighted by molar-refractivity contribution is 7.80. The largest absolute Gasteiger partial charge is 0.493 e. The van der Waals surface area contributed by atoms with Crippen molar-refractivity contribution in [2.24, 2.45) is 0 Å². The van der Waals surface area contributed by atoms with Gasteiger partial charge in [0, 0.05) is 17.9 Å². The van der Waals surface area contributed by atoms with Gasteiger partial charge in [-0.3, -0.25) is 4.79 Å². The van der Waals surface area contributed by atoms with Crippen molar-refractivity contribution in [2.45, 2.75) is 12.8 Å². The first-order valence-electron chi connectivity index (χ1n) is 4.96. The van der Waals surface area contributed by atoms with Crippen LogP contribution in [0.4, 0.5) is 5.69 Å². The normalized spacial score (nSPS) is 14.3. The first-order valence-corrected chi connectivity index (χ1v) is 5.59. The number of anilines is 1. The van der Waals surface area contributed by atoms with E-state index in [0.29, 0.717) is 18.8 Å². The summed E-state index contributed by atoms with van der Waals surface area (Å²) in [4.78, 5) is 11.1. The quantitative estimate of drug-likeness (QED) is 0.768. The van der Waals surface area contributed by atoms with E-state index in [-0.39, 0.29) is 5.91 Å². The zero-order valence-corrected chi connectivity index (χ0v) is 9.22. The minimum Gasteiger partial charge on any atom is -0.493 e. The van der Waals surface area contributed by atoms with E-state index in [2.05, 4.69) is 17.9 Å². The molecule has 1 amide bonds. The Kier molecular flexibility index (Phi) is 3.16. The van der Waals surface area contributed by atoms with E-state index >= 15 is 0 Å². The van der Waals surface area contributed by atoms with E-state index in [9.17, 15) is 4.79 Å². The number of benzene rings is 1. The van der Waals surface area contributed by atoms with E-state index < -0.39 is 0 Å². The van der Waals surface area contributed by atoms with E-state index in [0.717, 1.165) is 23.4 Å². The van der Waals surface area contributed by atoms with Crippen LogP contribution in [0.5, 0.6) is 5.75 Å². The lowest BCUT2D eigenvalue weighted by Crippen LogP contribution is -2.18. The third-order valence-electron chi connectivity index (χ3n) is 2.33. The first kappa shape index (κ1) is 10.4. The number of fused-ring (bicyclic) bond motifs is 1. The fraction of sp³-hybridized carbons (Fsp3) is 0.364. The summed E-state index contributed by atoms with van der Waals surface area (Å²) in [7, 11) is 0. The maximum atomic E-state index is 11.1. The minimum atomic E-state index is 0.0894. The summed E-state index contributed by atoms with van der Waals surface area (Å²) in [6.45, 7) is 0.605. The summed E-state index contributed by atoms with van der Waals surface area (Å²) < 4.78 is 5.46. The average molecular weight is 223 g/mol. The highest BCUT2D eigenvalue weighted by atomic mass is 32.1. The van der Waals surface area contributed by atoms with Gasteiger partial charge in [0.15, 0.2) is 0 Å². The Balaban J connectivity index is 2.15. The highest BCUT2D eigenvalue weighted by Gasteiger charge is 2.14. The van der Waals surface area contributed by atoms with Gasteiger partial charge in [0.05, 0.1) is 6.61 Å². The molecule has 0 radical (unpaired) electrons. The number of amides is 1. The third-order valence-corrected chi connectivity index (χ3v) is 2.51. The predicted molar refractivity (Wildman–Crippen MR) is 62.7 cm³/mol. The summed E-state index contributed by atoms with van der Waals surface area (Å²) in [5, 5.41) is 2.83. The molecule has 2 rings (SSSR count). The number of carbonyl (C=O) groups excluding carboxylic acids is 1. The van der Waals surface area contributed by atoms with Gasteiger partial charge in [0.1, 0.15) is 5.75 Å². The monoisotopic (exact) mass is 223 g/mol. The van der Waals surface area contributed by atoms with Crippen LogP contribution in [0, 0.1) is 0 Å². The lowest BCUT2D eigenvalue weighted by molar-refractivity contribution is -0.116. The molecule has 0 fully saturated rings. The zero-order chi connectivity index (χ0) is 10.7. The number of nitrogens with one attached hydrogen (secondary N) is 1. The molecule has 0 saturated carbocycles. The van der Waals surface area contributed by atoms with Crippen molar-refractivity contribution < 1.29 is 9.53 Å². The van der Waals surface area contributed by atoms with Crippen LogP contribution < -0.4 is 10.1 Å². The van der Waals surface area contributed by atoms with Crippen LogP contribution >= 0.6 is 12.6 Å². The molecule has 0 aromatic heterocycles. The molecule has 1 heterocycles. The summed E-state index contributed by atoms with van der Waals surface area (Å²) in [6, 6.07) is 5.74. The van der Waals surface area contributed by atoms with Gasteiger partial charge in [-0.25, -0.2) is 0 Å². The number of carbonyl (C=O) groups is 1. The van der Waals surface area contributed by atoms with Crippen molar-refractivity contribution in [3.8, 4) is 5.75 Å². The van der Waals surface area contributed by atoms with Gasteiger partial charge in [-0.05, 0) is 30.2 Å². The molecule has 1 aromatic carbocycles. The SMILES string of the molecule is O=C1CCc2cc(OCCS)ccc2N1. The Hall–Kier alpha value is -1.16. The second-order valence-electron chi connectivity index (χ2n) is 3.44. The maximum absolute atomic E-state index is 11.1. The zero-order valence-electron chi connectivity index (χ0n) is 8.32. The third kappa shape index (κ3) is 2.45. The van der Waals surface area contributed by atoms with Gasteiger partial charge in [0.25, 0.3) is 0 Å². The Bertz CT molecular complexity index is 379. The summed E-state index contributed by atoms with van der Waals surface area (Å²) in [5.74, 6) is 1.64. The van der Waals surface area contributed by atoms with Crippen LogP contribution in [0.2, 0.25) is 0 Å². The van der Waals surface area contributed by atoms with Crippen LogP contribution in [-0.4, -0.2) is 18.3 Å². The summed E-state index contributed by atoms with van der Waals surface area (Å²) >= 11 is 4.08. The predicted octanol–water partition coefficient (Wildman–Crippen LogP) is 1.88. The Morgan fingerprint density at radius 3 is 3.07 bits per heavy atom. The van der Waals surface area contributed by atoms with Gasteiger partial charge in [0.2, 0.25) is 5.91 Å². The van der Waals surface area contributed by atoms with E-state index in [1.807, 2.05) is 18.2 Å². The summed E-state index contributed by atoms with van der Waals surface area (Å²) in [5.41, 5.74) is 2.05. The molecule has 15 heavy (non-hydrogen) atoms. The second kappa shape index (κ2) is 4.57. The Morgan fingerprint density at radius 2 is 2.27 bits per heavy atom. The fourth-order valence-electron chi connectivity index (χ4n) is 1.61. The van der Waals surface area contributed by atoms with Crippen molar-refractivity contribution in [3.63, 3.8) is 0 Å². The molecule has 0 aliphatic carbocycles. The van der Waals surface area contributed by atoms with Crippen LogP contribution in [0.3, 0.4) is 0 Å². The summed E-state index contributed by atoms with van der Waals surface area (Å²) in [6.07, 6.45) is 1.35. The van der Waals surface area contributed by atoms with Crippen molar-refractivity contribution in [1.29, 1.82) is 0 Å². The smallest absolute Gasteiger partial charge is 0.224 e. The molecular weight excluding hydrogens is 210 g/mol. The molecule has 1 aliphatic rings. The number of hydrogen-bond acceptors (Lipinski definition) is 3. The second-order valence-corrected chi connectivity index (χ2v) is 3.89. The topological polar surface area (TPSA) is 38.3 Å². The molecule has 0 unspecified atom stereocenters. The number of rotatable bonds is 3. The minimum absolute atomic E-state index is 0.0894. The molecule has 0 atom stereocenters. The van der Waals surface area contributed by atoms with E-state index in [4.69, 9.17) is 4.74 Å². The number of ether oxygens (including phenoxy) is 1. The number of aryl methyl sites for hydroxylation is 1. The molecule has 1 aromatic rings. The molecule has 0 saturated heterocycles. The molecular formula is C11H13NO2S. The van der Waals surface area contributed by atoms with Crippen molar-refractivity contribution in [2.75, 3.05) is 17.7 Å². The highest BCUT2D eigenvalue weighted by Crippen LogP contribution is 2.26. The van der Waals surface area contributed by atoms with E-state index in [1.54, 1.807) is 0 Å². The van der Waals surface area contributed by atoms with Crippen molar-refractivity contribution in [3.05, 3.63) is 23.8 Å². The molecule has 3 nitrogen and oxygen atoms in total. The lowest BCUT2D eigenvalue weighted by Gasteiger charge is -2.17. The average Bonchev–Trinajstić information content (AvgIpc) is 2.26. The number of thiol groups is 1. The molecule has 0 bridgehead atoms. The fourth-order valence-corrected chi connectivity index (χ4v) is 1.70. The molecule has 1 aliphatic heterocycles. The van der Waals surface area contributed by atoms with Crippen molar-refractivity contribution in [1.82, 2.24) is 0 Å². The molecule has 80 valence electrons. The lowest BCUT2D eigenvalue weighted by atomic mass is 10.0. The van der Waals surface area contributed by atoms with E-state index in [1.165, 1.54) is 0 Å². The molecule has 1 N–H and O–H groups in total. The van der Waals surface area contributed by atoms with Gasteiger partial charge in [-0.1, -0.05) is 0 Å². The Labute approximate surface area is 94.2 Å². The van der Waals surface area contributed by atoms with Gasteiger partial charge >= 0.3 is 0 Å². The first-order chi connectivity index (χ1) is 7.29. The van der Waals surface area contributed by atoms with Gasteiger partial charge < -0.3 is 10.1 Å².